The monoisotopic (exact) mass is 471 g/mol. The maximum atomic E-state index is 2.71. The summed E-state index contributed by atoms with van der Waals surface area (Å²) in [4.78, 5) is 2.71. The van der Waals surface area contributed by atoms with Crippen molar-refractivity contribution in [3.8, 4) is 0 Å². The van der Waals surface area contributed by atoms with Crippen LogP contribution in [0.25, 0.3) is 0 Å². The minimum absolute atomic E-state index is 0.117. The quantitative estimate of drug-likeness (QED) is 0.419. The molecule has 35 heavy (non-hydrogen) atoms. The van der Waals surface area contributed by atoms with Crippen LogP contribution in [0.4, 0.5) is 11.4 Å². The zero-order valence-electron chi connectivity index (χ0n) is 23.6. The topological polar surface area (TPSA) is 3.24 Å². The van der Waals surface area contributed by atoms with Crippen LogP contribution in [0.3, 0.4) is 0 Å². The number of hydrogen-bond donors (Lipinski definition) is 0. The molecule has 5 rings (SSSR count). The van der Waals surface area contributed by atoms with Gasteiger partial charge in [-0.1, -0.05) is 59.1 Å². The van der Waals surface area contributed by atoms with Crippen molar-refractivity contribution in [2.75, 3.05) is 4.90 Å². The highest BCUT2D eigenvalue weighted by molar-refractivity contribution is 5.73. The Balaban J connectivity index is 1.63. The van der Waals surface area contributed by atoms with Crippen molar-refractivity contribution >= 4 is 11.4 Å². The summed E-state index contributed by atoms with van der Waals surface area (Å²) in [5.74, 6) is 2.47. The Morgan fingerprint density at radius 1 is 1.00 bits per heavy atom. The highest BCUT2D eigenvalue weighted by Gasteiger charge is 2.43. The third-order valence-electron chi connectivity index (χ3n) is 10.2. The van der Waals surface area contributed by atoms with Gasteiger partial charge in [-0.15, -0.1) is 0 Å². The van der Waals surface area contributed by atoms with E-state index in [1.807, 2.05) is 0 Å². The number of rotatable bonds is 5. The molecular formula is C34H49N. The van der Waals surface area contributed by atoms with Crippen molar-refractivity contribution in [2.24, 2.45) is 11.8 Å². The zero-order chi connectivity index (χ0) is 25.0. The van der Waals surface area contributed by atoms with Crippen LogP contribution in [-0.2, 0) is 18.3 Å². The number of benzene rings is 2. The number of hydrogen-bond acceptors (Lipinski definition) is 1. The van der Waals surface area contributed by atoms with E-state index in [9.17, 15) is 0 Å². The fourth-order valence-corrected chi connectivity index (χ4v) is 8.32. The molecule has 0 amide bonds. The zero-order valence-corrected chi connectivity index (χ0v) is 23.6. The normalized spacial score (nSPS) is 27.7. The minimum Gasteiger partial charge on any atom is -0.336 e. The summed E-state index contributed by atoms with van der Waals surface area (Å²) in [6.45, 7) is 16.7. The van der Waals surface area contributed by atoms with Crippen LogP contribution in [0.15, 0.2) is 30.3 Å². The fourth-order valence-electron chi connectivity index (χ4n) is 8.32. The van der Waals surface area contributed by atoms with Gasteiger partial charge in [0.1, 0.15) is 0 Å². The smallest absolute Gasteiger partial charge is 0.0451 e. The van der Waals surface area contributed by atoms with Crippen molar-refractivity contribution in [1.82, 2.24) is 0 Å². The maximum absolute atomic E-state index is 2.71. The molecule has 1 heterocycles. The summed E-state index contributed by atoms with van der Waals surface area (Å²) >= 11 is 0. The molecule has 0 spiro atoms. The van der Waals surface area contributed by atoms with Gasteiger partial charge in [0.25, 0.3) is 0 Å². The SMILES string of the molecule is CCc1ccc(N2c3cc(C)c(C(C)C)cc3CCC2(C)C)cc1C1(CC)CC2CCCC(C2)C1. The van der Waals surface area contributed by atoms with Crippen molar-refractivity contribution in [3.05, 3.63) is 58.1 Å². The Kier molecular flexibility index (Phi) is 6.60. The van der Waals surface area contributed by atoms with E-state index in [0.29, 0.717) is 11.3 Å². The predicted molar refractivity (Wildman–Crippen MR) is 152 cm³/mol. The third-order valence-corrected chi connectivity index (χ3v) is 10.2. The number of aryl methyl sites for hydroxylation is 3. The highest BCUT2D eigenvalue weighted by Crippen LogP contribution is 2.54. The Labute approximate surface area is 215 Å². The molecule has 3 aliphatic rings. The van der Waals surface area contributed by atoms with E-state index in [0.717, 1.165) is 18.3 Å². The van der Waals surface area contributed by atoms with Crippen LogP contribution in [0.2, 0.25) is 0 Å². The Hall–Kier alpha value is -1.76. The van der Waals surface area contributed by atoms with Crippen LogP contribution in [0.1, 0.15) is 127 Å². The molecule has 2 fully saturated rings. The first-order valence-corrected chi connectivity index (χ1v) is 14.7. The number of fused-ring (bicyclic) bond motifs is 3. The van der Waals surface area contributed by atoms with E-state index in [1.165, 1.54) is 85.9 Å². The summed E-state index contributed by atoms with van der Waals surface area (Å²) in [6.07, 6.45) is 13.5. The first-order chi connectivity index (χ1) is 16.7. The molecule has 2 aromatic rings. The molecule has 0 aromatic heterocycles. The molecule has 2 aromatic carbocycles. The lowest BCUT2D eigenvalue weighted by molar-refractivity contribution is 0.106. The molecule has 1 heteroatoms. The second-order valence-electron chi connectivity index (χ2n) is 13.3. The molecule has 0 saturated heterocycles. The standard InChI is InChI=1S/C34H49N/c1-8-27-13-14-29(20-31(27)34(9-2)21-25-11-10-12-26(18-25)22-34)35-32-17-24(5)30(23(3)4)19-28(32)15-16-33(35,6)7/h13-14,17,19-20,23,25-26H,8-12,15-16,18,21-22H2,1-7H3. The molecule has 2 unspecified atom stereocenters. The van der Waals surface area contributed by atoms with Crippen molar-refractivity contribution < 1.29 is 0 Å². The molecule has 1 aliphatic heterocycles. The van der Waals surface area contributed by atoms with Gasteiger partial charge in [0.15, 0.2) is 0 Å². The van der Waals surface area contributed by atoms with Gasteiger partial charge in [0.05, 0.1) is 0 Å². The number of nitrogens with zero attached hydrogens (tertiary/aromatic N) is 1. The second-order valence-corrected chi connectivity index (χ2v) is 13.3. The van der Waals surface area contributed by atoms with E-state index in [-0.39, 0.29) is 5.54 Å². The summed E-state index contributed by atoms with van der Waals surface area (Å²) in [5, 5.41) is 0. The first-order valence-electron chi connectivity index (χ1n) is 14.7. The maximum Gasteiger partial charge on any atom is 0.0451 e. The fraction of sp³-hybridized carbons (Fsp3) is 0.647. The molecule has 0 radical (unpaired) electrons. The van der Waals surface area contributed by atoms with Crippen LogP contribution in [0.5, 0.6) is 0 Å². The van der Waals surface area contributed by atoms with E-state index in [2.05, 4.69) is 83.7 Å². The lowest BCUT2D eigenvalue weighted by atomic mass is 9.57. The van der Waals surface area contributed by atoms with E-state index in [4.69, 9.17) is 0 Å². The first kappa shape index (κ1) is 24.9. The van der Waals surface area contributed by atoms with Crippen molar-refractivity contribution in [2.45, 2.75) is 130 Å². The molecule has 2 saturated carbocycles. The second kappa shape index (κ2) is 9.28. The Bertz CT molecular complexity index is 1060. The molecule has 0 N–H and O–H groups in total. The van der Waals surface area contributed by atoms with Crippen molar-refractivity contribution in [1.29, 1.82) is 0 Å². The summed E-state index contributed by atoms with van der Waals surface area (Å²) in [7, 11) is 0. The largest absolute Gasteiger partial charge is 0.336 e. The van der Waals surface area contributed by atoms with Gasteiger partial charge in [-0.05, 0) is 135 Å². The van der Waals surface area contributed by atoms with Gasteiger partial charge >= 0.3 is 0 Å². The molecular weight excluding hydrogens is 422 g/mol. The van der Waals surface area contributed by atoms with Crippen LogP contribution in [0, 0.1) is 18.8 Å². The molecule has 2 atom stereocenters. The molecule has 2 aliphatic carbocycles. The average molecular weight is 472 g/mol. The summed E-state index contributed by atoms with van der Waals surface area (Å²) in [6, 6.07) is 12.6. The van der Waals surface area contributed by atoms with E-state index < -0.39 is 0 Å². The Morgan fingerprint density at radius 3 is 2.34 bits per heavy atom. The van der Waals surface area contributed by atoms with E-state index >= 15 is 0 Å². The van der Waals surface area contributed by atoms with Gasteiger partial charge in [0.2, 0.25) is 0 Å². The average Bonchev–Trinajstić information content (AvgIpc) is 2.82. The van der Waals surface area contributed by atoms with Crippen LogP contribution >= 0.6 is 0 Å². The third kappa shape index (κ3) is 4.36. The van der Waals surface area contributed by atoms with Crippen molar-refractivity contribution in [3.63, 3.8) is 0 Å². The summed E-state index contributed by atoms with van der Waals surface area (Å²) in [5.41, 5.74) is 11.1. The number of anilines is 2. The Morgan fingerprint density at radius 2 is 1.71 bits per heavy atom. The van der Waals surface area contributed by atoms with Gasteiger partial charge in [-0.3, -0.25) is 0 Å². The minimum atomic E-state index is 0.117. The van der Waals surface area contributed by atoms with Gasteiger partial charge in [0, 0.05) is 16.9 Å². The predicted octanol–water partition coefficient (Wildman–Crippen LogP) is 9.79. The molecule has 2 bridgehead atoms. The van der Waals surface area contributed by atoms with Crippen LogP contribution in [-0.4, -0.2) is 5.54 Å². The molecule has 1 nitrogen and oxygen atoms in total. The lowest BCUT2D eigenvalue weighted by Crippen LogP contribution is -2.45. The van der Waals surface area contributed by atoms with E-state index in [1.54, 1.807) is 11.1 Å². The molecule has 190 valence electrons. The summed E-state index contributed by atoms with van der Waals surface area (Å²) < 4.78 is 0. The van der Waals surface area contributed by atoms with Crippen LogP contribution < -0.4 is 4.90 Å². The van der Waals surface area contributed by atoms with Gasteiger partial charge in [-0.2, -0.15) is 0 Å². The highest BCUT2D eigenvalue weighted by atomic mass is 15.2. The van der Waals surface area contributed by atoms with Gasteiger partial charge < -0.3 is 4.90 Å². The van der Waals surface area contributed by atoms with Gasteiger partial charge in [-0.25, -0.2) is 0 Å². The lowest BCUT2D eigenvalue weighted by Gasteiger charge is -2.49.